The van der Waals surface area contributed by atoms with Crippen LogP contribution in [0.1, 0.15) is 67.7 Å². The highest BCUT2D eigenvalue weighted by molar-refractivity contribution is 6.99. The molecule has 4 nitrogen and oxygen atoms in total. The zero-order valence-corrected chi connectivity index (χ0v) is 28.2. The average molecular weight is 578 g/mol. The maximum atomic E-state index is 9.52. The van der Waals surface area contributed by atoms with Crippen molar-refractivity contribution < 1.29 is 13.6 Å². The largest absolute Gasteiger partial charge is 0.411 e. The monoisotopic (exact) mass is 577 g/mol. The van der Waals surface area contributed by atoms with Crippen LogP contribution in [0.5, 0.6) is 0 Å². The Balaban J connectivity index is 1.97. The summed E-state index contributed by atoms with van der Waals surface area (Å²) in [5.74, 6) is 0.0999. The van der Waals surface area contributed by atoms with Gasteiger partial charge in [-0.3, -0.25) is 0 Å². The van der Waals surface area contributed by atoms with Crippen molar-refractivity contribution in [3.63, 3.8) is 0 Å². The number of nitriles is 1. The molecule has 3 rings (SSSR count). The highest BCUT2D eigenvalue weighted by atomic mass is 28.4. The summed E-state index contributed by atoms with van der Waals surface area (Å²) in [5, 5.41) is 12.1. The van der Waals surface area contributed by atoms with Gasteiger partial charge in [0.15, 0.2) is 8.32 Å². The molecule has 0 N–H and O–H groups in total. The van der Waals surface area contributed by atoms with Crippen LogP contribution in [0.15, 0.2) is 72.8 Å². The molecule has 0 amide bonds. The molecule has 1 aliphatic heterocycles. The Labute approximate surface area is 246 Å². The molecular formula is C34H51NO3Si2. The normalized spacial score (nSPS) is 21.4. The SMILES string of the molecule is CCC(/C=C/C1OCC(O[Si](c2ccccc2)(c2ccccc2)C(C)(C)C)C1CCC#N)O[Si](C)(C)C(C)(C)C. The van der Waals surface area contributed by atoms with E-state index >= 15 is 0 Å². The quantitative estimate of drug-likeness (QED) is 0.204. The van der Waals surface area contributed by atoms with Crippen LogP contribution in [0.25, 0.3) is 0 Å². The zero-order chi connectivity index (χ0) is 29.6. The lowest BCUT2D eigenvalue weighted by Crippen LogP contribution is -2.68. The summed E-state index contributed by atoms with van der Waals surface area (Å²) in [6.07, 6.45) is 6.39. The molecule has 1 heterocycles. The van der Waals surface area contributed by atoms with Crippen molar-refractivity contribution >= 4 is 27.0 Å². The van der Waals surface area contributed by atoms with Gasteiger partial charge in [0.2, 0.25) is 0 Å². The van der Waals surface area contributed by atoms with Gasteiger partial charge in [-0.25, -0.2) is 0 Å². The number of hydrogen-bond donors (Lipinski definition) is 0. The van der Waals surface area contributed by atoms with Crippen molar-refractivity contribution in [1.29, 1.82) is 5.26 Å². The predicted molar refractivity (Wildman–Crippen MR) is 172 cm³/mol. The first-order chi connectivity index (χ1) is 18.8. The molecule has 218 valence electrons. The lowest BCUT2D eigenvalue weighted by molar-refractivity contribution is 0.112. The highest BCUT2D eigenvalue weighted by Gasteiger charge is 2.53. The van der Waals surface area contributed by atoms with Crippen LogP contribution in [-0.2, 0) is 13.6 Å². The molecule has 1 fully saturated rings. The minimum Gasteiger partial charge on any atom is -0.411 e. The molecule has 2 aromatic carbocycles. The van der Waals surface area contributed by atoms with Gasteiger partial charge in [-0.05, 0) is 46.4 Å². The maximum Gasteiger partial charge on any atom is 0.261 e. The van der Waals surface area contributed by atoms with Crippen molar-refractivity contribution in [2.24, 2.45) is 5.92 Å². The summed E-state index contributed by atoms with van der Waals surface area (Å²) in [5.41, 5.74) is 0. The fraction of sp³-hybridized carbons (Fsp3) is 0.559. The summed E-state index contributed by atoms with van der Waals surface area (Å²) in [6.45, 7) is 21.1. The zero-order valence-electron chi connectivity index (χ0n) is 26.2. The van der Waals surface area contributed by atoms with Crippen LogP contribution in [0.3, 0.4) is 0 Å². The van der Waals surface area contributed by atoms with Crippen LogP contribution in [-0.4, -0.2) is 41.6 Å². The smallest absolute Gasteiger partial charge is 0.261 e. The van der Waals surface area contributed by atoms with Gasteiger partial charge >= 0.3 is 0 Å². The van der Waals surface area contributed by atoms with Gasteiger partial charge in [-0.15, -0.1) is 0 Å². The van der Waals surface area contributed by atoms with Crippen LogP contribution in [0, 0.1) is 17.2 Å². The van der Waals surface area contributed by atoms with E-state index in [2.05, 4.69) is 140 Å². The minimum atomic E-state index is -2.74. The summed E-state index contributed by atoms with van der Waals surface area (Å²) in [4.78, 5) is 0. The molecule has 1 saturated heterocycles. The molecule has 0 spiro atoms. The topological polar surface area (TPSA) is 51.5 Å². The molecule has 2 aromatic rings. The van der Waals surface area contributed by atoms with E-state index in [9.17, 15) is 5.26 Å². The van der Waals surface area contributed by atoms with Crippen LogP contribution in [0.2, 0.25) is 23.2 Å². The first-order valence-corrected chi connectivity index (χ1v) is 19.7. The van der Waals surface area contributed by atoms with Gasteiger partial charge in [0.25, 0.3) is 8.32 Å². The van der Waals surface area contributed by atoms with Gasteiger partial charge in [-0.1, -0.05) is 121 Å². The Hall–Kier alpha value is -2.02. The highest BCUT2D eigenvalue weighted by Crippen LogP contribution is 2.41. The van der Waals surface area contributed by atoms with E-state index in [0.29, 0.717) is 13.0 Å². The Bertz CT molecular complexity index is 1090. The molecule has 40 heavy (non-hydrogen) atoms. The third-order valence-electron chi connectivity index (χ3n) is 8.86. The van der Waals surface area contributed by atoms with E-state index in [4.69, 9.17) is 13.6 Å². The summed E-state index contributed by atoms with van der Waals surface area (Å²) in [6, 6.07) is 23.9. The van der Waals surface area contributed by atoms with E-state index in [-0.39, 0.29) is 34.3 Å². The van der Waals surface area contributed by atoms with E-state index in [1.165, 1.54) is 10.4 Å². The van der Waals surface area contributed by atoms with E-state index in [1.807, 2.05) is 0 Å². The molecule has 0 saturated carbocycles. The number of rotatable bonds is 11. The van der Waals surface area contributed by atoms with Gasteiger partial charge in [-0.2, -0.15) is 5.26 Å². The summed E-state index contributed by atoms with van der Waals surface area (Å²) in [7, 11) is -4.63. The molecule has 0 radical (unpaired) electrons. The number of benzene rings is 2. The van der Waals surface area contributed by atoms with Gasteiger partial charge in [0.1, 0.15) is 0 Å². The molecule has 4 unspecified atom stereocenters. The van der Waals surface area contributed by atoms with Crippen LogP contribution in [0.4, 0.5) is 0 Å². The first-order valence-electron chi connectivity index (χ1n) is 14.9. The van der Waals surface area contributed by atoms with E-state index < -0.39 is 16.6 Å². The van der Waals surface area contributed by atoms with E-state index in [1.54, 1.807) is 0 Å². The average Bonchev–Trinajstić information content (AvgIpc) is 3.28. The van der Waals surface area contributed by atoms with Crippen LogP contribution < -0.4 is 10.4 Å². The Kier molecular flexibility index (Phi) is 10.8. The van der Waals surface area contributed by atoms with Crippen LogP contribution >= 0.6 is 0 Å². The first kappa shape index (κ1) is 32.5. The van der Waals surface area contributed by atoms with Gasteiger partial charge in [0, 0.05) is 12.3 Å². The van der Waals surface area contributed by atoms with Gasteiger partial charge < -0.3 is 13.6 Å². The molecule has 4 atom stereocenters. The Morgan fingerprint density at radius 2 is 1.50 bits per heavy atom. The molecule has 0 aliphatic carbocycles. The van der Waals surface area contributed by atoms with Crippen molar-refractivity contribution in [3.05, 3.63) is 72.8 Å². The maximum absolute atomic E-state index is 9.52. The lowest BCUT2D eigenvalue weighted by atomic mass is 9.93. The van der Waals surface area contributed by atoms with E-state index in [0.717, 1.165) is 12.8 Å². The predicted octanol–water partition coefficient (Wildman–Crippen LogP) is 7.61. The number of ether oxygens (including phenoxy) is 1. The molecule has 0 bridgehead atoms. The fourth-order valence-electron chi connectivity index (χ4n) is 5.53. The molecule has 6 heteroatoms. The fourth-order valence-corrected chi connectivity index (χ4v) is 11.6. The second-order valence-electron chi connectivity index (χ2n) is 13.7. The number of hydrogen-bond acceptors (Lipinski definition) is 4. The second kappa shape index (κ2) is 13.3. The second-order valence-corrected chi connectivity index (χ2v) is 22.7. The molecule has 0 aromatic heterocycles. The standard InChI is InChI=1S/C34H51NO3Si2/c1-10-27(37-39(8,9)33(2,3)4)23-24-31-30(22-17-25-35)32(26-36-31)38-40(34(5,6)7,28-18-13-11-14-19-28)29-20-15-12-16-21-29/h11-16,18-21,23-24,27,30-32H,10,17,22,26H2,1-9H3/b24-23+. The molecule has 1 aliphatic rings. The third kappa shape index (κ3) is 7.24. The lowest BCUT2D eigenvalue weighted by Gasteiger charge is -2.45. The summed E-state index contributed by atoms with van der Waals surface area (Å²) >= 11 is 0. The summed E-state index contributed by atoms with van der Waals surface area (Å²) < 4.78 is 20.7. The Morgan fingerprint density at radius 1 is 0.950 bits per heavy atom. The third-order valence-corrected chi connectivity index (χ3v) is 18.4. The van der Waals surface area contributed by atoms with Gasteiger partial charge in [0.05, 0.1) is 31.0 Å². The molecular weight excluding hydrogens is 527 g/mol. The minimum absolute atomic E-state index is 0.0535. The number of nitrogens with zero attached hydrogens (tertiary/aromatic N) is 1. The van der Waals surface area contributed by atoms with Crippen molar-refractivity contribution in [1.82, 2.24) is 0 Å². The Morgan fingerprint density at radius 3 is 1.95 bits per heavy atom. The van der Waals surface area contributed by atoms with Crippen molar-refractivity contribution in [2.75, 3.05) is 6.61 Å². The van der Waals surface area contributed by atoms with Crippen molar-refractivity contribution in [2.45, 2.75) is 109 Å². The van der Waals surface area contributed by atoms with Crippen molar-refractivity contribution in [3.8, 4) is 6.07 Å².